The van der Waals surface area contributed by atoms with E-state index < -0.39 is 0 Å². The van der Waals surface area contributed by atoms with Crippen LogP contribution in [0, 0.1) is 0 Å². The Hall–Kier alpha value is -1.42. The molecule has 0 bridgehead atoms. The van der Waals surface area contributed by atoms with Crippen molar-refractivity contribution in [2.45, 2.75) is 32.9 Å². The molecule has 0 saturated heterocycles. The molecule has 1 atom stereocenters. The van der Waals surface area contributed by atoms with Crippen LogP contribution in [0.5, 0.6) is 0 Å². The molecule has 15 heavy (non-hydrogen) atoms. The van der Waals surface area contributed by atoms with Gasteiger partial charge in [-0.15, -0.1) is 5.10 Å². The highest BCUT2D eigenvalue weighted by molar-refractivity contribution is 5.75. The van der Waals surface area contributed by atoms with E-state index in [1.807, 2.05) is 22.9 Å². The van der Waals surface area contributed by atoms with Gasteiger partial charge in [0.25, 0.3) is 0 Å². The van der Waals surface area contributed by atoms with Gasteiger partial charge in [0.15, 0.2) is 0 Å². The first-order chi connectivity index (χ1) is 7.26. The summed E-state index contributed by atoms with van der Waals surface area (Å²) in [5.74, 6) is 0. The smallest absolute Gasteiger partial charge is 0.113 e. The summed E-state index contributed by atoms with van der Waals surface area (Å²) in [5.41, 5.74) is 8.69. The van der Waals surface area contributed by atoms with Crippen LogP contribution in [-0.2, 0) is 6.54 Å². The second-order valence-corrected chi connectivity index (χ2v) is 3.82. The van der Waals surface area contributed by atoms with Gasteiger partial charge in [0.1, 0.15) is 5.52 Å². The number of hydrogen-bond acceptors (Lipinski definition) is 3. The van der Waals surface area contributed by atoms with Gasteiger partial charge in [0.2, 0.25) is 0 Å². The summed E-state index contributed by atoms with van der Waals surface area (Å²) in [7, 11) is 0. The summed E-state index contributed by atoms with van der Waals surface area (Å²) in [4.78, 5) is 0. The fraction of sp³-hybridized carbons (Fsp3) is 0.455. The van der Waals surface area contributed by atoms with Crippen LogP contribution in [0.4, 0.5) is 0 Å². The topological polar surface area (TPSA) is 56.7 Å². The standard InChI is InChI=1S/C11H16N4/c1-3-8(2)15-11-5-4-9(7-12)6-10(11)13-14-15/h4-6,8H,3,7,12H2,1-2H3. The Morgan fingerprint density at radius 1 is 1.47 bits per heavy atom. The van der Waals surface area contributed by atoms with Gasteiger partial charge in [-0.3, -0.25) is 0 Å². The lowest BCUT2D eigenvalue weighted by atomic mass is 10.2. The number of benzene rings is 1. The van der Waals surface area contributed by atoms with Crippen LogP contribution in [0.3, 0.4) is 0 Å². The molecule has 2 rings (SSSR count). The molecule has 80 valence electrons. The quantitative estimate of drug-likeness (QED) is 0.830. The van der Waals surface area contributed by atoms with Gasteiger partial charge in [-0.05, 0) is 31.0 Å². The van der Waals surface area contributed by atoms with Crippen molar-refractivity contribution in [2.24, 2.45) is 5.73 Å². The van der Waals surface area contributed by atoms with Gasteiger partial charge in [0.05, 0.1) is 11.6 Å². The van der Waals surface area contributed by atoms with E-state index in [0.29, 0.717) is 12.6 Å². The molecule has 0 aliphatic rings. The minimum atomic E-state index is 0.388. The van der Waals surface area contributed by atoms with Gasteiger partial charge in [-0.1, -0.05) is 18.2 Å². The van der Waals surface area contributed by atoms with Crippen molar-refractivity contribution in [3.05, 3.63) is 23.8 Å². The van der Waals surface area contributed by atoms with Gasteiger partial charge in [0, 0.05) is 6.54 Å². The third-order valence-corrected chi connectivity index (χ3v) is 2.78. The minimum Gasteiger partial charge on any atom is -0.326 e. The van der Waals surface area contributed by atoms with Crippen molar-refractivity contribution in [3.63, 3.8) is 0 Å². The Kier molecular flexibility index (Phi) is 2.68. The van der Waals surface area contributed by atoms with Crippen LogP contribution in [0.1, 0.15) is 31.9 Å². The van der Waals surface area contributed by atoms with Crippen LogP contribution in [0.15, 0.2) is 18.2 Å². The molecule has 1 heterocycles. The predicted octanol–water partition coefficient (Wildman–Crippen LogP) is 1.86. The molecule has 0 radical (unpaired) electrons. The Balaban J connectivity index is 2.52. The number of fused-ring (bicyclic) bond motifs is 1. The van der Waals surface area contributed by atoms with E-state index in [-0.39, 0.29) is 0 Å². The SMILES string of the molecule is CCC(C)n1nnc2cc(CN)ccc21. The van der Waals surface area contributed by atoms with Crippen molar-refractivity contribution in [1.82, 2.24) is 15.0 Å². The molecule has 1 aromatic carbocycles. The third kappa shape index (κ3) is 1.72. The third-order valence-electron chi connectivity index (χ3n) is 2.78. The van der Waals surface area contributed by atoms with Crippen molar-refractivity contribution < 1.29 is 0 Å². The molecular formula is C11H16N4. The molecule has 0 aliphatic heterocycles. The average molecular weight is 204 g/mol. The summed E-state index contributed by atoms with van der Waals surface area (Å²) >= 11 is 0. The van der Waals surface area contributed by atoms with E-state index in [1.54, 1.807) is 0 Å². The van der Waals surface area contributed by atoms with Gasteiger partial charge in [-0.25, -0.2) is 4.68 Å². The van der Waals surface area contributed by atoms with Crippen LogP contribution in [-0.4, -0.2) is 15.0 Å². The van der Waals surface area contributed by atoms with E-state index in [4.69, 9.17) is 5.73 Å². The lowest BCUT2D eigenvalue weighted by Gasteiger charge is -2.08. The molecule has 4 nitrogen and oxygen atoms in total. The molecule has 0 amide bonds. The zero-order chi connectivity index (χ0) is 10.8. The molecule has 0 spiro atoms. The monoisotopic (exact) mass is 204 g/mol. The predicted molar refractivity (Wildman–Crippen MR) is 60.4 cm³/mol. The van der Waals surface area contributed by atoms with Crippen molar-refractivity contribution in [1.29, 1.82) is 0 Å². The number of hydrogen-bond donors (Lipinski definition) is 1. The van der Waals surface area contributed by atoms with Crippen LogP contribution in [0.2, 0.25) is 0 Å². The van der Waals surface area contributed by atoms with E-state index in [2.05, 4.69) is 24.2 Å². The zero-order valence-corrected chi connectivity index (χ0v) is 9.14. The summed E-state index contributed by atoms with van der Waals surface area (Å²) < 4.78 is 1.97. The highest BCUT2D eigenvalue weighted by Crippen LogP contribution is 2.18. The van der Waals surface area contributed by atoms with Crippen LogP contribution < -0.4 is 5.73 Å². The highest BCUT2D eigenvalue weighted by atomic mass is 15.4. The molecular weight excluding hydrogens is 188 g/mol. The van der Waals surface area contributed by atoms with Crippen molar-refractivity contribution in [2.75, 3.05) is 0 Å². The maximum atomic E-state index is 5.58. The summed E-state index contributed by atoms with van der Waals surface area (Å²) in [6.07, 6.45) is 1.05. The normalized spacial score (nSPS) is 13.3. The van der Waals surface area contributed by atoms with Crippen LogP contribution >= 0.6 is 0 Å². The molecule has 0 saturated carbocycles. The minimum absolute atomic E-state index is 0.388. The average Bonchev–Trinajstić information content (AvgIpc) is 2.70. The van der Waals surface area contributed by atoms with Gasteiger partial charge in [-0.2, -0.15) is 0 Å². The van der Waals surface area contributed by atoms with E-state index >= 15 is 0 Å². The maximum absolute atomic E-state index is 5.58. The van der Waals surface area contributed by atoms with Crippen molar-refractivity contribution in [3.8, 4) is 0 Å². The Morgan fingerprint density at radius 2 is 2.27 bits per heavy atom. The molecule has 2 aromatic rings. The van der Waals surface area contributed by atoms with E-state index in [0.717, 1.165) is 23.0 Å². The highest BCUT2D eigenvalue weighted by Gasteiger charge is 2.09. The lowest BCUT2D eigenvalue weighted by molar-refractivity contribution is 0.478. The number of aromatic nitrogens is 3. The number of rotatable bonds is 3. The van der Waals surface area contributed by atoms with Gasteiger partial charge >= 0.3 is 0 Å². The molecule has 0 aliphatic carbocycles. The second kappa shape index (κ2) is 3.98. The fourth-order valence-electron chi connectivity index (χ4n) is 1.61. The Labute approximate surface area is 89.1 Å². The molecule has 0 fully saturated rings. The first-order valence-electron chi connectivity index (χ1n) is 5.30. The van der Waals surface area contributed by atoms with E-state index in [9.17, 15) is 0 Å². The molecule has 2 N–H and O–H groups in total. The van der Waals surface area contributed by atoms with Crippen molar-refractivity contribution >= 4 is 11.0 Å². The summed E-state index contributed by atoms with van der Waals surface area (Å²) in [5, 5.41) is 8.32. The fourth-order valence-corrected chi connectivity index (χ4v) is 1.61. The Bertz CT molecular complexity index is 461. The number of nitrogens with zero attached hydrogens (tertiary/aromatic N) is 3. The van der Waals surface area contributed by atoms with Gasteiger partial charge < -0.3 is 5.73 Å². The van der Waals surface area contributed by atoms with E-state index in [1.165, 1.54) is 0 Å². The maximum Gasteiger partial charge on any atom is 0.113 e. The molecule has 1 unspecified atom stereocenters. The first-order valence-corrected chi connectivity index (χ1v) is 5.30. The zero-order valence-electron chi connectivity index (χ0n) is 9.14. The molecule has 4 heteroatoms. The Morgan fingerprint density at radius 3 is 2.93 bits per heavy atom. The number of nitrogens with two attached hydrogens (primary N) is 1. The molecule has 1 aromatic heterocycles. The second-order valence-electron chi connectivity index (χ2n) is 3.82. The summed E-state index contributed by atoms with van der Waals surface area (Å²) in [6.45, 7) is 4.84. The largest absolute Gasteiger partial charge is 0.326 e. The first kappa shape index (κ1) is 10.1. The summed E-state index contributed by atoms with van der Waals surface area (Å²) in [6, 6.07) is 6.47. The lowest BCUT2D eigenvalue weighted by Crippen LogP contribution is -2.05. The van der Waals surface area contributed by atoms with Crippen LogP contribution in [0.25, 0.3) is 11.0 Å².